The van der Waals surface area contributed by atoms with Crippen LogP contribution in [0.2, 0.25) is 0 Å². The highest BCUT2D eigenvalue weighted by Gasteiger charge is 2.17. The molecule has 0 heterocycles. The lowest BCUT2D eigenvalue weighted by atomic mass is 9.93. The molecule has 6 nitrogen and oxygen atoms in total. The van der Waals surface area contributed by atoms with E-state index in [2.05, 4.69) is 0 Å². The first-order valence-corrected chi connectivity index (χ1v) is 7.04. The number of rotatable bonds is 7. The Balaban J connectivity index is 2.01. The van der Waals surface area contributed by atoms with Gasteiger partial charge in [-0.05, 0) is 17.7 Å². The predicted molar refractivity (Wildman–Crippen MR) is 83.2 cm³/mol. The number of esters is 1. The second kappa shape index (κ2) is 7.84. The van der Waals surface area contributed by atoms with Gasteiger partial charge in [-0.15, -0.1) is 0 Å². The van der Waals surface area contributed by atoms with Crippen LogP contribution in [0.25, 0.3) is 0 Å². The Kier molecular flexibility index (Phi) is 5.57. The van der Waals surface area contributed by atoms with Gasteiger partial charge in [-0.1, -0.05) is 30.3 Å². The van der Waals surface area contributed by atoms with E-state index in [0.717, 1.165) is 11.8 Å². The summed E-state index contributed by atoms with van der Waals surface area (Å²) in [6.07, 6.45) is 1.05. The highest BCUT2D eigenvalue weighted by molar-refractivity contribution is 5.74. The molecule has 118 valence electrons. The first-order valence-electron chi connectivity index (χ1n) is 7.04. The normalized spacial score (nSPS) is 11.5. The minimum atomic E-state index is -0.527. The number of non-ortho nitro benzene ring substituents is 1. The van der Waals surface area contributed by atoms with Crippen molar-refractivity contribution in [3.63, 3.8) is 0 Å². The average Bonchev–Trinajstić information content (AvgIpc) is 2.55. The summed E-state index contributed by atoms with van der Waals surface area (Å²) < 4.78 is 5.17. The Morgan fingerprint density at radius 3 is 2.35 bits per heavy atom. The molecule has 0 spiro atoms. The summed E-state index contributed by atoms with van der Waals surface area (Å²) in [4.78, 5) is 32.9. The second-order valence-corrected chi connectivity index (χ2v) is 4.94. The van der Waals surface area contributed by atoms with Crippen molar-refractivity contribution < 1.29 is 19.2 Å². The average molecular weight is 313 g/mol. The van der Waals surface area contributed by atoms with Gasteiger partial charge in [0.1, 0.15) is 12.0 Å². The Hall–Kier alpha value is -3.02. The zero-order chi connectivity index (χ0) is 16.7. The third-order valence-corrected chi connectivity index (χ3v) is 3.34. The molecule has 0 aliphatic rings. The predicted octanol–water partition coefficient (Wildman–Crippen LogP) is 3.26. The van der Waals surface area contributed by atoms with Gasteiger partial charge in [-0.2, -0.15) is 0 Å². The van der Waals surface area contributed by atoms with E-state index in [1.165, 1.54) is 24.3 Å². The minimum Gasteiger partial charge on any atom is -0.427 e. The number of nitro benzene ring substituents is 1. The third-order valence-electron chi connectivity index (χ3n) is 3.34. The van der Waals surface area contributed by atoms with Crippen LogP contribution in [0.3, 0.4) is 0 Å². The van der Waals surface area contributed by atoms with Crippen LogP contribution in [0.15, 0.2) is 54.6 Å². The smallest absolute Gasteiger partial charge is 0.311 e. The summed E-state index contributed by atoms with van der Waals surface area (Å²) in [7, 11) is 0. The van der Waals surface area contributed by atoms with Crippen LogP contribution in [0.5, 0.6) is 5.75 Å². The molecule has 6 heteroatoms. The molecule has 0 saturated carbocycles. The number of nitro groups is 1. The van der Waals surface area contributed by atoms with Gasteiger partial charge >= 0.3 is 5.97 Å². The Labute approximate surface area is 132 Å². The van der Waals surface area contributed by atoms with Gasteiger partial charge in [0.15, 0.2) is 0 Å². The molecule has 0 N–H and O–H groups in total. The van der Waals surface area contributed by atoms with E-state index >= 15 is 0 Å². The lowest BCUT2D eigenvalue weighted by molar-refractivity contribution is -0.384. The number of nitrogens with zero attached hydrogens (tertiary/aromatic N) is 1. The molecule has 1 unspecified atom stereocenters. The van der Waals surface area contributed by atoms with Crippen molar-refractivity contribution in [2.24, 2.45) is 0 Å². The maximum Gasteiger partial charge on any atom is 0.311 e. The molecule has 0 amide bonds. The third kappa shape index (κ3) is 4.74. The van der Waals surface area contributed by atoms with E-state index in [-0.39, 0.29) is 30.2 Å². The molecule has 0 fully saturated rings. The first kappa shape index (κ1) is 16.4. The zero-order valence-corrected chi connectivity index (χ0v) is 12.3. The van der Waals surface area contributed by atoms with Gasteiger partial charge in [0.2, 0.25) is 0 Å². The number of hydrogen-bond donors (Lipinski definition) is 0. The van der Waals surface area contributed by atoms with Crippen molar-refractivity contribution in [3.05, 3.63) is 70.3 Å². The molecule has 0 bridgehead atoms. The molecule has 0 saturated heterocycles. The number of carbonyl (C=O) groups excluding carboxylic acids is 2. The fourth-order valence-corrected chi connectivity index (χ4v) is 2.19. The Morgan fingerprint density at radius 1 is 1.13 bits per heavy atom. The Morgan fingerprint density at radius 2 is 1.78 bits per heavy atom. The summed E-state index contributed by atoms with van der Waals surface area (Å²) in [5.74, 6) is -0.507. The second-order valence-electron chi connectivity index (χ2n) is 4.94. The van der Waals surface area contributed by atoms with Gasteiger partial charge in [0, 0.05) is 24.5 Å². The number of hydrogen-bond acceptors (Lipinski definition) is 5. The van der Waals surface area contributed by atoms with Crippen molar-refractivity contribution in [3.8, 4) is 5.75 Å². The standard InChI is InChI=1S/C17H15NO5/c19-11-10-14(13-4-2-1-3-5-13)12-17(20)23-16-8-6-15(7-9-16)18(21)22/h1-9,11,14H,10,12H2. The van der Waals surface area contributed by atoms with Gasteiger partial charge < -0.3 is 9.53 Å². The van der Waals surface area contributed by atoms with E-state index in [4.69, 9.17) is 4.74 Å². The number of aldehydes is 1. The Bertz CT molecular complexity index is 682. The van der Waals surface area contributed by atoms with Gasteiger partial charge in [-0.25, -0.2) is 0 Å². The van der Waals surface area contributed by atoms with Gasteiger partial charge in [-0.3, -0.25) is 14.9 Å². The van der Waals surface area contributed by atoms with Crippen LogP contribution in [0, 0.1) is 10.1 Å². The molecule has 0 aliphatic heterocycles. The zero-order valence-electron chi connectivity index (χ0n) is 12.3. The topological polar surface area (TPSA) is 86.5 Å². The summed E-state index contributed by atoms with van der Waals surface area (Å²) in [5.41, 5.74) is 0.813. The van der Waals surface area contributed by atoms with Crippen LogP contribution in [0.4, 0.5) is 5.69 Å². The highest BCUT2D eigenvalue weighted by atomic mass is 16.6. The molecule has 2 aromatic rings. The van der Waals surface area contributed by atoms with Crippen LogP contribution in [-0.4, -0.2) is 17.2 Å². The van der Waals surface area contributed by atoms with Gasteiger partial charge in [0.25, 0.3) is 5.69 Å². The van der Waals surface area contributed by atoms with E-state index in [0.29, 0.717) is 0 Å². The van der Waals surface area contributed by atoms with Crippen molar-refractivity contribution in [1.29, 1.82) is 0 Å². The van der Waals surface area contributed by atoms with Crippen LogP contribution in [0.1, 0.15) is 24.3 Å². The first-order chi connectivity index (χ1) is 11.1. The van der Waals surface area contributed by atoms with Crippen molar-refractivity contribution >= 4 is 17.9 Å². The summed E-state index contributed by atoms with van der Waals surface area (Å²) >= 11 is 0. The van der Waals surface area contributed by atoms with E-state index < -0.39 is 10.9 Å². The molecule has 2 aromatic carbocycles. The van der Waals surface area contributed by atoms with Crippen LogP contribution < -0.4 is 4.74 Å². The molecule has 1 atom stereocenters. The molecule has 0 aliphatic carbocycles. The lowest BCUT2D eigenvalue weighted by Crippen LogP contribution is -2.13. The monoisotopic (exact) mass is 313 g/mol. The van der Waals surface area contributed by atoms with Crippen LogP contribution in [-0.2, 0) is 9.59 Å². The van der Waals surface area contributed by atoms with Crippen LogP contribution >= 0.6 is 0 Å². The molecule has 2 rings (SSSR count). The SMILES string of the molecule is O=CCC(CC(=O)Oc1ccc([N+](=O)[O-])cc1)c1ccccc1. The van der Waals surface area contributed by atoms with Crippen molar-refractivity contribution in [2.45, 2.75) is 18.8 Å². The maximum atomic E-state index is 12.0. The maximum absolute atomic E-state index is 12.0. The van der Waals surface area contributed by atoms with E-state index in [1.807, 2.05) is 30.3 Å². The van der Waals surface area contributed by atoms with Gasteiger partial charge in [0.05, 0.1) is 11.3 Å². The highest BCUT2D eigenvalue weighted by Crippen LogP contribution is 2.24. The quantitative estimate of drug-likeness (QED) is 0.257. The van der Waals surface area contributed by atoms with E-state index in [1.54, 1.807) is 0 Å². The largest absolute Gasteiger partial charge is 0.427 e. The number of ether oxygens (including phenoxy) is 1. The fourth-order valence-electron chi connectivity index (χ4n) is 2.19. The summed E-state index contributed by atoms with van der Waals surface area (Å²) in [6, 6.07) is 14.5. The number of carbonyl (C=O) groups is 2. The van der Waals surface area contributed by atoms with Crippen molar-refractivity contribution in [2.75, 3.05) is 0 Å². The molecule has 0 radical (unpaired) electrons. The molecule has 23 heavy (non-hydrogen) atoms. The number of benzene rings is 2. The fraction of sp³-hybridized carbons (Fsp3) is 0.176. The van der Waals surface area contributed by atoms with E-state index in [9.17, 15) is 19.7 Å². The minimum absolute atomic E-state index is 0.0553. The molecular weight excluding hydrogens is 298 g/mol. The molecule has 0 aromatic heterocycles. The summed E-state index contributed by atoms with van der Waals surface area (Å²) in [6.45, 7) is 0. The summed E-state index contributed by atoms with van der Waals surface area (Å²) in [5, 5.41) is 10.6. The van der Waals surface area contributed by atoms with Crippen molar-refractivity contribution in [1.82, 2.24) is 0 Å². The lowest BCUT2D eigenvalue weighted by Gasteiger charge is -2.13. The molecular formula is C17H15NO5.